The Bertz CT molecular complexity index is 879. The van der Waals surface area contributed by atoms with Crippen LogP contribution in [0, 0.1) is 22.7 Å². The van der Waals surface area contributed by atoms with Gasteiger partial charge in [-0.3, -0.25) is 0 Å². The fourth-order valence-electron chi connectivity index (χ4n) is 4.95. The summed E-state index contributed by atoms with van der Waals surface area (Å²) >= 11 is 0. The summed E-state index contributed by atoms with van der Waals surface area (Å²) in [6.07, 6.45) is -2.23. The Balaban J connectivity index is 1.78. The van der Waals surface area contributed by atoms with Crippen LogP contribution in [-0.2, 0) is 15.7 Å². The Labute approximate surface area is 198 Å². The van der Waals surface area contributed by atoms with E-state index in [9.17, 15) is 18.0 Å². The van der Waals surface area contributed by atoms with Crippen molar-refractivity contribution in [2.75, 3.05) is 64.6 Å². The third kappa shape index (κ3) is 5.94. The highest BCUT2D eigenvalue weighted by Gasteiger charge is 2.49. The van der Waals surface area contributed by atoms with Gasteiger partial charge in [-0.2, -0.15) is 18.4 Å². The molecule has 10 heteroatoms. The lowest BCUT2D eigenvalue weighted by atomic mass is 9.71. The maximum Gasteiger partial charge on any atom is 0.417 e. The zero-order chi connectivity index (χ0) is 24.8. The number of urea groups is 1. The lowest BCUT2D eigenvalue weighted by Crippen LogP contribution is -2.50. The van der Waals surface area contributed by atoms with Gasteiger partial charge in [-0.15, -0.1) is 0 Å². The molecule has 2 aliphatic rings. The maximum atomic E-state index is 13.5. The summed E-state index contributed by atoms with van der Waals surface area (Å²) in [5.74, 6) is 0.107. The number of hydrogen-bond donors (Lipinski definition) is 1. The van der Waals surface area contributed by atoms with Crippen LogP contribution in [0.3, 0.4) is 0 Å². The number of benzene rings is 1. The summed E-state index contributed by atoms with van der Waals surface area (Å²) in [6.45, 7) is 6.35. The van der Waals surface area contributed by atoms with Crippen LogP contribution in [0.1, 0.15) is 37.3 Å². The molecule has 1 atom stereocenters. The van der Waals surface area contributed by atoms with Crippen molar-refractivity contribution in [3.05, 3.63) is 29.3 Å². The summed E-state index contributed by atoms with van der Waals surface area (Å²) in [4.78, 5) is 16.2. The predicted molar refractivity (Wildman–Crippen MR) is 121 cm³/mol. The summed E-state index contributed by atoms with van der Waals surface area (Å²) in [5.41, 5.74) is -1.01. The Morgan fingerprint density at radius 2 is 2.03 bits per heavy atom. The van der Waals surface area contributed by atoms with Gasteiger partial charge in [-0.25, -0.2) is 4.79 Å². The van der Waals surface area contributed by atoms with E-state index in [0.717, 1.165) is 25.3 Å². The molecule has 0 radical (unpaired) electrons. The van der Waals surface area contributed by atoms with E-state index in [1.54, 1.807) is 19.2 Å². The van der Waals surface area contributed by atoms with Crippen LogP contribution in [0.5, 0.6) is 0 Å². The monoisotopic (exact) mass is 482 g/mol. The number of nitrogens with one attached hydrogen (secondary N) is 1. The van der Waals surface area contributed by atoms with E-state index < -0.39 is 11.7 Å². The highest BCUT2D eigenvalue weighted by molar-refractivity contribution is 5.74. The zero-order valence-corrected chi connectivity index (χ0v) is 19.8. The van der Waals surface area contributed by atoms with Crippen molar-refractivity contribution in [2.45, 2.75) is 32.4 Å². The fraction of sp³-hybridized carbons (Fsp3) is 0.667. The molecular weight excluding hydrogens is 449 g/mol. The summed E-state index contributed by atoms with van der Waals surface area (Å²) < 4.78 is 51.5. The number of rotatable bonds is 8. The molecule has 1 unspecified atom stereocenters. The number of carbonyl (C=O) groups excluding carboxylic acids is 1. The van der Waals surface area contributed by atoms with Crippen molar-refractivity contribution in [1.82, 2.24) is 10.2 Å². The molecule has 7 nitrogen and oxygen atoms in total. The van der Waals surface area contributed by atoms with Crippen molar-refractivity contribution in [2.24, 2.45) is 11.3 Å². The number of ether oxygens (including phenoxy) is 2. The van der Waals surface area contributed by atoms with E-state index >= 15 is 0 Å². The van der Waals surface area contributed by atoms with Gasteiger partial charge in [0.2, 0.25) is 0 Å². The molecule has 1 aromatic rings. The number of halogens is 3. The molecule has 2 heterocycles. The van der Waals surface area contributed by atoms with Gasteiger partial charge in [0, 0.05) is 51.4 Å². The molecule has 0 bridgehead atoms. The number of anilines is 1. The number of piperidine rings is 1. The molecule has 0 saturated carbocycles. The second-order valence-electron chi connectivity index (χ2n) is 9.07. The van der Waals surface area contributed by atoms with Crippen molar-refractivity contribution in [3.8, 4) is 6.07 Å². The van der Waals surface area contributed by atoms with E-state index in [1.807, 2.05) is 16.7 Å². The molecule has 0 aliphatic carbocycles. The topological polar surface area (TPSA) is 77.8 Å². The fourth-order valence-corrected chi connectivity index (χ4v) is 4.95. The van der Waals surface area contributed by atoms with Gasteiger partial charge in [-0.1, -0.05) is 6.92 Å². The van der Waals surface area contributed by atoms with Crippen LogP contribution in [-0.4, -0.2) is 70.6 Å². The molecule has 2 amide bonds. The first-order valence-electron chi connectivity index (χ1n) is 11.7. The first-order valence-corrected chi connectivity index (χ1v) is 11.7. The summed E-state index contributed by atoms with van der Waals surface area (Å²) in [7, 11) is 1.60. The number of methoxy groups -OCH3 is 1. The van der Waals surface area contributed by atoms with Crippen LogP contribution in [0.2, 0.25) is 0 Å². The number of hydrogen-bond acceptors (Lipinski definition) is 5. The van der Waals surface area contributed by atoms with E-state index in [2.05, 4.69) is 5.32 Å². The molecular formula is C24H33F3N4O3. The first kappa shape index (κ1) is 26.1. The smallest absolute Gasteiger partial charge is 0.382 e. The van der Waals surface area contributed by atoms with Gasteiger partial charge in [0.25, 0.3) is 0 Å². The minimum Gasteiger partial charge on any atom is -0.382 e. The summed E-state index contributed by atoms with van der Waals surface area (Å²) in [6, 6.07) is 5.48. The number of alkyl halides is 3. The van der Waals surface area contributed by atoms with Crippen LogP contribution in [0.25, 0.3) is 0 Å². The molecule has 1 spiro atoms. The quantitative estimate of drug-likeness (QED) is 0.569. The first-order chi connectivity index (χ1) is 16.2. The van der Waals surface area contributed by atoms with E-state index in [-0.39, 0.29) is 22.9 Å². The van der Waals surface area contributed by atoms with Crippen molar-refractivity contribution in [1.29, 1.82) is 5.26 Å². The predicted octanol–water partition coefficient (Wildman–Crippen LogP) is 3.88. The second-order valence-corrected chi connectivity index (χ2v) is 9.07. The standard InChI is InChI=1S/C24H33F3N4O3/c1-3-8-29-22(32)30-9-6-23(7-10-30)17-31(15-19(23)16-34-12-11-33-2)20-5-4-18(14-28)21(13-20)24(25,26)27/h4-5,13,19H,3,6-12,15-17H2,1-2H3,(H,29,32). The molecule has 188 valence electrons. The minimum atomic E-state index is -4.60. The number of amides is 2. The largest absolute Gasteiger partial charge is 0.417 e. The molecule has 1 aromatic carbocycles. The molecule has 2 fully saturated rings. The van der Waals surface area contributed by atoms with Crippen LogP contribution < -0.4 is 10.2 Å². The Hall–Kier alpha value is -2.51. The van der Waals surface area contributed by atoms with Gasteiger partial charge in [0.1, 0.15) is 0 Å². The van der Waals surface area contributed by atoms with Gasteiger partial charge in [0.05, 0.1) is 37.0 Å². The SMILES string of the molecule is CCCNC(=O)N1CCC2(CC1)CN(c1ccc(C#N)c(C(F)(F)F)c1)CC2COCCOC. The van der Waals surface area contributed by atoms with Crippen LogP contribution in [0.15, 0.2) is 18.2 Å². The Kier molecular flexibility index (Phi) is 8.66. The third-order valence-electron chi connectivity index (χ3n) is 6.93. The van der Waals surface area contributed by atoms with Crippen molar-refractivity contribution >= 4 is 11.7 Å². The van der Waals surface area contributed by atoms with Gasteiger partial charge in [0.15, 0.2) is 0 Å². The second kappa shape index (κ2) is 11.3. The average molecular weight is 483 g/mol. The molecule has 3 rings (SSSR count). The van der Waals surface area contributed by atoms with Crippen molar-refractivity contribution < 1.29 is 27.4 Å². The third-order valence-corrected chi connectivity index (χ3v) is 6.93. The molecule has 0 aromatic heterocycles. The van der Waals surface area contributed by atoms with Crippen molar-refractivity contribution in [3.63, 3.8) is 0 Å². The Morgan fingerprint density at radius 1 is 1.29 bits per heavy atom. The number of carbonyl (C=O) groups is 1. The molecule has 34 heavy (non-hydrogen) atoms. The molecule has 2 aliphatic heterocycles. The van der Waals surface area contributed by atoms with E-state index in [1.165, 1.54) is 6.07 Å². The van der Waals surface area contributed by atoms with Gasteiger partial charge >= 0.3 is 12.2 Å². The highest BCUT2D eigenvalue weighted by atomic mass is 19.4. The van der Waals surface area contributed by atoms with E-state index in [4.69, 9.17) is 14.7 Å². The average Bonchev–Trinajstić information content (AvgIpc) is 3.17. The number of likely N-dealkylation sites (tertiary alicyclic amines) is 1. The minimum absolute atomic E-state index is 0.0682. The lowest BCUT2D eigenvalue weighted by molar-refractivity contribution is -0.137. The lowest BCUT2D eigenvalue weighted by Gasteiger charge is -2.42. The molecule has 2 saturated heterocycles. The van der Waals surface area contributed by atoms with Gasteiger partial charge < -0.3 is 24.6 Å². The van der Waals surface area contributed by atoms with Gasteiger partial charge in [-0.05, 0) is 42.9 Å². The highest BCUT2D eigenvalue weighted by Crippen LogP contribution is 2.47. The van der Waals surface area contributed by atoms with E-state index in [0.29, 0.717) is 58.2 Å². The number of nitriles is 1. The number of nitrogens with zero attached hydrogens (tertiary/aromatic N) is 3. The zero-order valence-electron chi connectivity index (χ0n) is 19.8. The summed E-state index contributed by atoms with van der Waals surface area (Å²) in [5, 5.41) is 12.0. The van der Waals surface area contributed by atoms with Crippen LogP contribution in [0.4, 0.5) is 23.7 Å². The normalized spacial score (nSPS) is 19.9. The maximum absolute atomic E-state index is 13.5. The molecule has 1 N–H and O–H groups in total. The Morgan fingerprint density at radius 3 is 2.65 bits per heavy atom. The van der Waals surface area contributed by atoms with Crippen LogP contribution >= 0.6 is 0 Å².